The van der Waals surface area contributed by atoms with Crippen molar-refractivity contribution in [2.75, 3.05) is 6.61 Å². The number of hydrogen-bond acceptors (Lipinski definition) is 4. The number of ether oxygens (including phenoxy) is 1. The number of carbonyl (C=O) groups excluding carboxylic acids is 1. The van der Waals surface area contributed by atoms with Gasteiger partial charge >= 0.3 is 0 Å². The lowest BCUT2D eigenvalue weighted by Gasteiger charge is -2.21. The Labute approximate surface area is 132 Å². The van der Waals surface area contributed by atoms with Gasteiger partial charge in [0.25, 0.3) is 0 Å². The Bertz CT molecular complexity index is 425. The van der Waals surface area contributed by atoms with E-state index in [4.69, 9.17) is 4.74 Å². The molecular formula is C17H26O3S. The molecule has 0 amide bonds. The summed E-state index contributed by atoms with van der Waals surface area (Å²) < 4.78 is 5.50. The SMILES string of the molecule is C[C@H](COCc1ccccc1)[C@H](O)CC(=O)SC(C)(C)C. The van der Waals surface area contributed by atoms with E-state index in [1.807, 2.05) is 58.0 Å². The number of thioether (sulfide) groups is 1. The van der Waals surface area contributed by atoms with Gasteiger partial charge in [-0.1, -0.05) is 69.8 Å². The van der Waals surface area contributed by atoms with Crippen molar-refractivity contribution in [1.82, 2.24) is 0 Å². The molecule has 0 aliphatic carbocycles. The van der Waals surface area contributed by atoms with Crippen LogP contribution < -0.4 is 0 Å². The molecule has 0 saturated carbocycles. The Morgan fingerprint density at radius 3 is 2.48 bits per heavy atom. The van der Waals surface area contributed by atoms with Crippen LogP contribution in [0.25, 0.3) is 0 Å². The molecule has 21 heavy (non-hydrogen) atoms. The Morgan fingerprint density at radius 1 is 1.29 bits per heavy atom. The maximum absolute atomic E-state index is 11.8. The summed E-state index contributed by atoms with van der Waals surface area (Å²) in [5.74, 6) is -0.0572. The highest BCUT2D eigenvalue weighted by Gasteiger charge is 2.22. The van der Waals surface area contributed by atoms with Crippen LogP contribution in [-0.4, -0.2) is 27.7 Å². The average molecular weight is 310 g/mol. The van der Waals surface area contributed by atoms with Gasteiger partial charge in [-0.2, -0.15) is 0 Å². The minimum absolute atomic E-state index is 0.0323. The van der Waals surface area contributed by atoms with Crippen LogP contribution in [0.15, 0.2) is 30.3 Å². The van der Waals surface area contributed by atoms with Crippen LogP contribution >= 0.6 is 11.8 Å². The van der Waals surface area contributed by atoms with E-state index in [0.717, 1.165) is 5.56 Å². The molecular weight excluding hydrogens is 284 g/mol. The molecule has 3 nitrogen and oxygen atoms in total. The molecule has 0 aliphatic rings. The van der Waals surface area contributed by atoms with Gasteiger partial charge in [-0.3, -0.25) is 4.79 Å². The van der Waals surface area contributed by atoms with Crippen molar-refractivity contribution >= 4 is 16.9 Å². The highest BCUT2D eigenvalue weighted by molar-refractivity contribution is 8.14. The summed E-state index contributed by atoms with van der Waals surface area (Å²) in [6.45, 7) is 8.87. The van der Waals surface area contributed by atoms with Gasteiger partial charge in [0.2, 0.25) is 0 Å². The van der Waals surface area contributed by atoms with E-state index in [0.29, 0.717) is 13.2 Å². The Hall–Kier alpha value is -0.840. The van der Waals surface area contributed by atoms with Crippen molar-refractivity contribution < 1.29 is 14.6 Å². The van der Waals surface area contributed by atoms with Gasteiger partial charge in [0, 0.05) is 17.1 Å². The first-order chi connectivity index (χ1) is 9.78. The van der Waals surface area contributed by atoms with E-state index >= 15 is 0 Å². The second-order valence-corrected chi connectivity index (χ2v) is 8.22. The molecule has 0 unspecified atom stereocenters. The molecule has 0 radical (unpaired) electrons. The quantitative estimate of drug-likeness (QED) is 0.835. The third-order valence-electron chi connectivity index (χ3n) is 2.94. The lowest BCUT2D eigenvalue weighted by atomic mass is 10.0. The smallest absolute Gasteiger partial charge is 0.192 e. The average Bonchev–Trinajstić information content (AvgIpc) is 2.37. The fourth-order valence-electron chi connectivity index (χ4n) is 1.80. The predicted molar refractivity (Wildman–Crippen MR) is 88.2 cm³/mol. The first-order valence-electron chi connectivity index (χ1n) is 7.29. The van der Waals surface area contributed by atoms with Crippen LogP contribution in [0.3, 0.4) is 0 Å². The number of carbonyl (C=O) groups is 1. The van der Waals surface area contributed by atoms with Crippen LogP contribution in [0.5, 0.6) is 0 Å². The van der Waals surface area contributed by atoms with Crippen molar-refractivity contribution in [3.8, 4) is 0 Å². The van der Waals surface area contributed by atoms with Crippen LogP contribution in [0.1, 0.15) is 39.7 Å². The molecule has 1 rings (SSSR count). The molecule has 0 bridgehead atoms. The highest BCUT2D eigenvalue weighted by Crippen LogP contribution is 2.26. The molecule has 118 valence electrons. The van der Waals surface area contributed by atoms with Gasteiger partial charge in [-0.25, -0.2) is 0 Å². The summed E-state index contributed by atoms with van der Waals surface area (Å²) in [6, 6.07) is 9.92. The molecule has 4 heteroatoms. The third kappa shape index (κ3) is 8.24. The predicted octanol–water partition coefficient (Wildman–Crippen LogP) is 3.65. The zero-order chi connectivity index (χ0) is 15.9. The molecule has 0 aromatic heterocycles. The van der Waals surface area contributed by atoms with Crippen molar-refractivity contribution in [3.63, 3.8) is 0 Å². The van der Waals surface area contributed by atoms with Gasteiger partial charge in [0.1, 0.15) is 0 Å². The normalized spacial score (nSPS) is 14.7. The summed E-state index contributed by atoms with van der Waals surface area (Å²) in [6.07, 6.45) is -0.472. The maximum atomic E-state index is 11.8. The fraction of sp³-hybridized carbons (Fsp3) is 0.588. The van der Waals surface area contributed by atoms with Crippen molar-refractivity contribution in [2.45, 2.75) is 51.6 Å². The van der Waals surface area contributed by atoms with E-state index in [-0.39, 0.29) is 22.2 Å². The van der Waals surface area contributed by atoms with Gasteiger partial charge in [-0.05, 0) is 5.56 Å². The lowest BCUT2D eigenvalue weighted by Crippen LogP contribution is -2.25. The number of aliphatic hydroxyl groups is 1. The van der Waals surface area contributed by atoms with Gasteiger partial charge in [-0.15, -0.1) is 0 Å². The maximum Gasteiger partial charge on any atom is 0.192 e. The van der Waals surface area contributed by atoms with Crippen LogP contribution in [0, 0.1) is 5.92 Å². The number of rotatable bonds is 7. The molecule has 0 heterocycles. The Kier molecular flexibility index (Phi) is 7.43. The van der Waals surface area contributed by atoms with Gasteiger partial charge < -0.3 is 9.84 Å². The summed E-state index contributed by atoms with van der Waals surface area (Å²) in [4.78, 5) is 11.8. The number of benzene rings is 1. The van der Waals surface area contributed by atoms with E-state index < -0.39 is 6.10 Å². The highest BCUT2D eigenvalue weighted by atomic mass is 32.2. The summed E-state index contributed by atoms with van der Waals surface area (Å²) in [5, 5.41) is 10.1. The first-order valence-corrected chi connectivity index (χ1v) is 8.11. The topological polar surface area (TPSA) is 46.5 Å². The lowest BCUT2D eigenvalue weighted by molar-refractivity contribution is -0.113. The minimum Gasteiger partial charge on any atom is -0.392 e. The van der Waals surface area contributed by atoms with Gasteiger partial charge in [0.05, 0.1) is 19.3 Å². The second-order valence-electron chi connectivity index (χ2n) is 6.34. The van der Waals surface area contributed by atoms with E-state index in [2.05, 4.69) is 0 Å². The van der Waals surface area contributed by atoms with Gasteiger partial charge in [0.15, 0.2) is 5.12 Å². The van der Waals surface area contributed by atoms with Crippen LogP contribution in [0.2, 0.25) is 0 Å². The first kappa shape index (κ1) is 18.2. The standard InChI is InChI=1S/C17H26O3S/c1-13(11-20-12-14-8-6-5-7-9-14)15(18)10-16(19)21-17(2,3)4/h5-9,13,15,18H,10-12H2,1-4H3/t13-,15-/m1/s1. The molecule has 0 aliphatic heterocycles. The zero-order valence-electron chi connectivity index (χ0n) is 13.3. The fourth-order valence-corrected chi connectivity index (χ4v) is 2.74. The largest absolute Gasteiger partial charge is 0.392 e. The monoisotopic (exact) mass is 310 g/mol. The summed E-state index contributed by atoms with van der Waals surface area (Å²) in [7, 11) is 0. The number of aliphatic hydroxyl groups excluding tert-OH is 1. The molecule has 1 N–H and O–H groups in total. The molecule has 0 saturated heterocycles. The summed E-state index contributed by atoms with van der Waals surface area (Å²) >= 11 is 1.28. The summed E-state index contributed by atoms with van der Waals surface area (Å²) in [5.41, 5.74) is 1.11. The Morgan fingerprint density at radius 2 is 1.90 bits per heavy atom. The number of hydrogen-bond donors (Lipinski definition) is 1. The second kappa shape index (κ2) is 8.57. The van der Waals surface area contributed by atoms with E-state index in [1.54, 1.807) is 0 Å². The van der Waals surface area contributed by atoms with Crippen molar-refractivity contribution in [1.29, 1.82) is 0 Å². The molecule has 1 aromatic carbocycles. The van der Waals surface area contributed by atoms with Crippen molar-refractivity contribution in [2.24, 2.45) is 5.92 Å². The van der Waals surface area contributed by atoms with Crippen molar-refractivity contribution in [3.05, 3.63) is 35.9 Å². The molecule has 0 fully saturated rings. The van der Waals surface area contributed by atoms with E-state index in [1.165, 1.54) is 11.8 Å². The van der Waals surface area contributed by atoms with Crippen LogP contribution in [-0.2, 0) is 16.1 Å². The Balaban J connectivity index is 2.28. The molecule has 2 atom stereocenters. The zero-order valence-corrected chi connectivity index (χ0v) is 14.2. The molecule has 1 aromatic rings. The third-order valence-corrected chi connectivity index (χ3v) is 3.95. The van der Waals surface area contributed by atoms with E-state index in [9.17, 15) is 9.90 Å². The van der Waals surface area contributed by atoms with Crippen LogP contribution in [0.4, 0.5) is 0 Å². The molecule has 0 spiro atoms. The minimum atomic E-state index is -0.650.